The minimum absolute atomic E-state index is 0.105. The molecule has 0 aliphatic heterocycles. The number of fused-ring (bicyclic) bond motifs is 2. The molecule has 1 amide bonds. The van der Waals surface area contributed by atoms with Crippen molar-refractivity contribution in [3.63, 3.8) is 0 Å². The van der Waals surface area contributed by atoms with Crippen molar-refractivity contribution >= 4 is 16.7 Å². The van der Waals surface area contributed by atoms with Crippen molar-refractivity contribution < 1.29 is 4.79 Å². The summed E-state index contributed by atoms with van der Waals surface area (Å²) in [6.45, 7) is 0. The van der Waals surface area contributed by atoms with Crippen LogP contribution in [0.1, 0.15) is 48.5 Å². The van der Waals surface area contributed by atoms with Crippen LogP contribution in [0.5, 0.6) is 0 Å². The van der Waals surface area contributed by atoms with Gasteiger partial charge in [-0.2, -0.15) is 5.10 Å². The van der Waals surface area contributed by atoms with Crippen LogP contribution in [0.4, 0.5) is 0 Å². The number of nitrogens with zero attached hydrogens (tertiary/aromatic N) is 2. The smallest absolute Gasteiger partial charge is 0.272 e. The first-order valence-corrected chi connectivity index (χ1v) is 10.1. The lowest BCUT2D eigenvalue weighted by atomic mass is 9.86. The third kappa shape index (κ3) is 3.01. The summed E-state index contributed by atoms with van der Waals surface area (Å²) in [4.78, 5) is 27.6. The number of carbonyl (C=O) groups is 1. The first-order chi connectivity index (χ1) is 13.7. The van der Waals surface area contributed by atoms with Gasteiger partial charge >= 0.3 is 0 Å². The first-order valence-electron chi connectivity index (χ1n) is 10.1. The molecule has 0 bridgehead atoms. The molecule has 28 heavy (non-hydrogen) atoms. The molecule has 5 nitrogen and oxygen atoms in total. The maximum absolute atomic E-state index is 13.4. The molecule has 1 unspecified atom stereocenters. The van der Waals surface area contributed by atoms with Crippen molar-refractivity contribution in [3.05, 3.63) is 75.7 Å². The number of aryl methyl sites for hydroxylation is 1. The summed E-state index contributed by atoms with van der Waals surface area (Å²) in [6.07, 6.45) is 5.57. The van der Waals surface area contributed by atoms with Gasteiger partial charge < -0.3 is 4.90 Å². The van der Waals surface area contributed by atoms with Crippen molar-refractivity contribution in [1.29, 1.82) is 0 Å². The average Bonchev–Trinajstić information content (AvgIpc) is 3.56. The Morgan fingerprint density at radius 1 is 1.04 bits per heavy atom. The lowest BCUT2D eigenvalue weighted by Gasteiger charge is -2.36. The summed E-state index contributed by atoms with van der Waals surface area (Å²) in [6, 6.07) is 16.4. The summed E-state index contributed by atoms with van der Waals surface area (Å²) in [5, 5.41) is 8.11. The fraction of sp³-hybridized carbons (Fsp3) is 0.348. The highest BCUT2D eigenvalue weighted by Crippen LogP contribution is 2.41. The predicted octanol–water partition coefficient (Wildman–Crippen LogP) is 3.53. The van der Waals surface area contributed by atoms with Gasteiger partial charge in [-0.05, 0) is 49.3 Å². The molecule has 1 N–H and O–H groups in total. The summed E-state index contributed by atoms with van der Waals surface area (Å²) in [5.41, 5.74) is 3.10. The molecule has 1 fully saturated rings. The molecule has 1 saturated carbocycles. The second-order valence-corrected chi connectivity index (χ2v) is 7.86. The van der Waals surface area contributed by atoms with E-state index in [9.17, 15) is 9.59 Å². The van der Waals surface area contributed by atoms with E-state index in [0.29, 0.717) is 17.1 Å². The monoisotopic (exact) mass is 373 g/mol. The molecule has 1 aromatic heterocycles. The van der Waals surface area contributed by atoms with E-state index < -0.39 is 0 Å². The number of carbonyl (C=O) groups excluding carboxylic acids is 1. The second-order valence-electron chi connectivity index (χ2n) is 7.86. The Hall–Kier alpha value is -2.95. The summed E-state index contributed by atoms with van der Waals surface area (Å²) >= 11 is 0. The van der Waals surface area contributed by atoms with Gasteiger partial charge in [0.2, 0.25) is 5.91 Å². The van der Waals surface area contributed by atoms with Gasteiger partial charge in [0.1, 0.15) is 0 Å². The summed E-state index contributed by atoms with van der Waals surface area (Å²) < 4.78 is 0. The average molecular weight is 373 g/mol. The number of aromatic nitrogens is 2. The molecule has 142 valence electrons. The Morgan fingerprint density at radius 3 is 2.61 bits per heavy atom. The van der Waals surface area contributed by atoms with E-state index in [-0.39, 0.29) is 23.9 Å². The van der Waals surface area contributed by atoms with Crippen LogP contribution in [-0.4, -0.2) is 27.0 Å². The van der Waals surface area contributed by atoms with Crippen LogP contribution in [-0.2, 0) is 17.6 Å². The highest BCUT2D eigenvalue weighted by Gasteiger charge is 2.39. The van der Waals surface area contributed by atoms with E-state index in [2.05, 4.69) is 39.4 Å². The van der Waals surface area contributed by atoms with Crippen LogP contribution in [0.2, 0.25) is 0 Å². The molecule has 5 heteroatoms. The number of amides is 1. The number of nitrogens with one attached hydrogen (secondary N) is 1. The summed E-state index contributed by atoms with van der Waals surface area (Å²) in [7, 11) is 0. The molecule has 0 saturated heterocycles. The van der Waals surface area contributed by atoms with Crippen LogP contribution in [0.15, 0.2) is 53.3 Å². The number of rotatable bonds is 4. The van der Waals surface area contributed by atoms with Crippen molar-refractivity contribution in [1.82, 2.24) is 15.1 Å². The van der Waals surface area contributed by atoms with Crippen LogP contribution in [0.3, 0.4) is 0 Å². The topological polar surface area (TPSA) is 66.1 Å². The molecule has 1 heterocycles. The maximum atomic E-state index is 13.4. The number of benzene rings is 2. The number of aromatic amines is 1. The Labute approximate surface area is 163 Å². The fourth-order valence-electron chi connectivity index (χ4n) is 4.54. The standard InChI is InChI=1S/C23H23N3O2/c27-22(14-20-18-9-3-4-10-19(18)23(28)25-24-20)26(16-12-13-16)21-11-5-7-15-6-1-2-8-17(15)21/h1-4,6,8-10,16,21H,5,7,11-14H2,(H,25,28). The maximum Gasteiger partial charge on any atom is 0.272 e. The zero-order valence-electron chi connectivity index (χ0n) is 15.7. The van der Waals surface area contributed by atoms with E-state index in [4.69, 9.17) is 0 Å². The third-order valence-corrected chi connectivity index (χ3v) is 6.00. The lowest BCUT2D eigenvalue weighted by Crippen LogP contribution is -2.39. The van der Waals surface area contributed by atoms with Gasteiger partial charge in [0.15, 0.2) is 0 Å². The number of hydrogen-bond donors (Lipinski definition) is 1. The van der Waals surface area contributed by atoms with Gasteiger partial charge in [0.25, 0.3) is 5.56 Å². The molecule has 2 aliphatic carbocycles. The Morgan fingerprint density at radius 2 is 1.79 bits per heavy atom. The van der Waals surface area contributed by atoms with Gasteiger partial charge in [0.05, 0.1) is 23.5 Å². The highest BCUT2D eigenvalue weighted by atomic mass is 16.2. The molecule has 0 spiro atoms. The molecular formula is C23H23N3O2. The van der Waals surface area contributed by atoms with Gasteiger partial charge in [-0.25, -0.2) is 5.10 Å². The van der Waals surface area contributed by atoms with Gasteiger partial charge in [-0.15, -0.1) is 0 Å². The quantitative estimate of drug-likeness (QED) is 0.761. The van der Waals surface area contributed by atoms with Crippen molar-refractivity contribution in [3.8, 4) is 0 Å². The molecule has 3 aromatic rings. The molecule has 5 rings (SSSR count). The Bertz CT molecular complexity index is 1100. The molecule has 1 atom stereocenters. The van der Waals surface area contributed by atoms with Crippen LogP contribution >= 0.6 is 0 Å². The number of H-pyrrole nitrogens is 1. The van der Waals surface area contributed by atoms with Gasteiger partial charge in [-0.3, -0.25) is 9.59 Å². The zero-order valence-corrected chi connectivity index (χ0v) is 15.7. The van der Waals surface area contributed by atoms with E-state index in [1.54, 1.807) is 6.07 Å². The van der Waals surface area contributed by atoms with E-state index in [0.717, 1.165) is 37.5 Å². The van der Waals surface area contributed by atoms with E-state index >= 15 is 0 Å². The Balaban J connectivity index is 1.49. The van der Waals surface area contributed by atoms with Crippen molar-refractivity contribution in [2.75, 3.05) is 0 Å². The fourth-order valence-corrected chi connectivity index (χ4v) is 4.54. The largest absolute Gasteiger partial charge is 0.332 e. The van der Waals surface area contributed by atoms with Gasteiger partial charge in [-0.1, -0.05) is 42.5 Å². The molecule has 2 aromatic carbocycles. The third-order valence-electron chi connectivity index (χ3n) is 6.00. The Kier molecular flexibility index (Phi) is 4.23. The van der Waals surface area contributed by atoms with E-state index in [1.165, 1.54) is 11.1 Å². The predicted molar refractivity (Wildman–Crippen MR) is 108 cm³/mol. The van der Waals surface area contributed by atoms with Crippen molar-refractivity contribution in [2.24, 2.45) is 0 Å². The second kappa shape index (κ2) is 6.89. The molecule has 0 radical (unpaired) electrons. The highest BCUT2D eigenvalue weighted by molar-refractivity contribution is 5.88. The molecular weight excluding hydrogens is 350 g/mol. The normalized spacial score (nSPS) is 18.6. The van der Waals surface area contributed by atoms with Crippen LogP contribution in [0, 0.1) is 0 Å². The minimum atomic E-state index is -0.216. The number of hydrogen-bond acceptors (Lipinski definition) is 3. The van der Waals surface area contributed by atoms with E-state index in [1.807, 2.05) is 18.2 Å². The first kappa shape index (κ1) is 17.2. The van der Waals surface area contributed by atoms with Crippen LogP contribution in [0.25, 0.3) is 10.8 Å². The SMILES string of the molecule is O=C(Cc1n[nH]c(=O)c2ccccc12)N(C1CC1)C1CCCc2ccccc21. The minimum Gasteiger partial charge on any atom is -0.332 e. The van der Waals surface area contributed by atoms with Crippen LogP contribution < -0.4 is 5.56 Å². The lowest BCUT2D eigenvalue weighted by molar-refractivity contribution is -0.134. The van der Waals surface area contributed by atoms with Gasteiger partial charge in [0, 0.05) is 11.4 Å². The zero-order chi connectivity index (χ0) is 19.1. The van der Waals surface area contributed by atoms with Crippen molar-refractivity contribution in [2.45, 2.75) is 50.6 Å². The molecule has 2 aliphatic rings. The summed E-state index contributed by atoms with van der Waals surface area (Å²) in [5.74, 6) is 0.105.